The fourth-order valence-corrected chi connectivity index (χ4v) is 1.76. The zero-order chi connectivity index (χ0) is 12.8. The van der Waals surface area contributed by atoms with E-state index in [9.17, 15) is 4.79 Å². The van der Waals surface area contributed by atoms with Crippen molar-refractivity contribution in [2.45, 2.75) is 19.8 Å². The van der Waals surface area contributed by atoms with Crippen molar-refractivity contribution in [3.63, 3.8) is 0 Å². The number of hydrogen-bond acceptors (Lipinski definition) is 2. The highest BCUT2D eigenvalue weighted by Gasteiger charge is 2.06. The van der Waals surface area contributed by atoms with Crippen LogP contribution in [0, 0.1) is 0 Å². The molecule has 1 heterocycles. The van der Waals surface area contributed by atoms with Crippen LogP contribution in [0.1, 0.15) is 28.6 Å². The number of aryl methyl sites for hydroxylation is 1. The maximum atomic E-state index is 11.6. The summed E-state index contributed by atoms with van der Waals surface area (Å²) in [6.07, 6.45) is 3.38. The molecule has 94 valence electrons. The average molecular weight is 243 g/mol. The molecule has 18 heavy (non-hydrogen) atoms. The van der Waals surface area contributed by atoms with E-state index >= 15 is 0 Å². The first kappa shape index (κ1) is 12.4. The second-order valence-electron chi connectivity index (χ2n) is 4.15. The van der Waals surface area contributed by atoms with Crippen molar-refractivity contribution in [3.8, 4) is 0 Å². The third kappa shape index (κ3) is 3.23. The molecule has 1 N–H and O–H groups in total. The summed E-state index contributed by atoms with van der Waals surface area (Å²) in [5.74, 6) is 0.196. The van der Waals surface area contributed by atoms with Crippen LogP contribution in [0.4, 0.5) is 0 Å². The largest absolute Gasteiger partial charge is 0.459 e. The zero-order valence-electron chi connectivity index (χ0n) is 10.5. The molecule has 2 aromatic rings. The maximum Gasteiger partial charge on any atom is 0.286 e. The monoisotopic (exact) mass is 243 g/mol. The predicted octanol–water partition coefficient (Wildman–Crippen LogP) is 2.81. The van der Waals surface area contributed by atoms with Crippen molar-refractivity contribution in [2.75, 3.05) is 6.54 Å². The van der Waals surface area contributed by atoms with E-state index in [0.717, 1.165) is 12.8 Å². The molecule has 0 fully saturated rings. The van der Waals surface area contributed by atoms with Gasteiger partial charge in [0, 0.05) is 6.54 Å². The fourth-order valence-electron chi connectivity index (χ4n) is 1.76. The van der Waals surface area contributed by atoms with Crippen LogP contribution in [-0.2, 0) is 12.8 Å². The quantitative estimate of drug-likeness (QED) is 0.877. The van der Waals surface area contributed by atoms with E-state index in [0.29, 0.717) is 12.3 Å². The standard InChI is InChI=1S/C15H17NO2/c1-2-12-5-7-13(8-6-12)9-10-16-15(17)14-4-3-11-18-14/h3-8,11H,2,9-10H2,1H3,(H,16,17). The Hall–Kier alpha value is -2.03. The molecule has 0 spiro atoms. The van der Waals surface area contributed by atoms with Gasteiger partial charge in [-0.05, 0) is 36.1 Å². The smallest absolute Gasteiger partial charge is 0.286 e. The van der Waals surface area contributed by atoms with Gasteiger partial charge in [0.2, 0.25) is 0 Å². The first-order valence-corrected chi connectivity index (χ1v) is 6.19. The molecule has 0 unspecified atom stereocenters. The van der Waals surface area contributed by atoms with Crippen LogP contribution in [-0.4, -0.2) is 12.5 Å². The van der Waals surface area contributed by atoms with E-state index in [2.05, 4.69) is 36.5 Å². The first-order chi connectivity index (χ1) is 8.79. The molecule has 1 aromatic heterocycles. The van der Waals surface area contributed by atoms with Gasteiger partial charge in [-0.1, -0.05) is 31.2 Å². The number of benzene rings is 1. The molecular formula is C15H17NO2. The lowest BCUT2D eigenvalue weighted by Gasteiger charge is -2.04. The number of furan rings is 1. The van der Waals surface area contributed by atoms with Gasteiger partial charge in [-0.25, -0.2) is 0 Å². The van der Waals surface area contributed by atoms with Crippen molar-refractivity contribution in [1.29, 1.82) is 0 Å². The number of carbonyl (C=O) groups excluding carboxylic acids is 1. The summed E-state index contributed by atoms with van der Waals surface area (Å²) in [6.45, 7) is 2.75. The number of carbonyl (C=O) groups is 1. The van der Waals surface area contributed by atoms with E-state index in [-0.39, 0.29) is 5.91 Å². The Balaban J connectivity index is 1.79. The molecule has 3 heteroatoms. The lowest BCUT2D eigenvalue weighted by atomic mass is 10.1. The Morgan fingerprint density at radius 1 is 1.17 bits per heavy atom. The van der Waals surface area contributed by atoms with Gasteiger partial charge in [-0.2, -0.15) is 0 Å². The lowest BCUT2D eigenvalue weighted by Crippen LogP contribution is -2.25. The lowest BCUT2D eigenvalue weighted by molar-refractivity contribution is 0.0926. The Labute approximate surface area is 107 Å². The van der Waals surface area contributed by atoms with Crippen LogP contribution in [0.25, 0.3) is 0 Å². The number of hydrogen-bond donors (Lipinski definition) is 1. The predicted molar refractivity (Wildman–Crippen MR) is 70.6 cm³/mol. The van der Waals surface area contributed by atoms with Crippen molar-refractivity contribution in [1.82, 2.24) is 5.32 Å². The highest BCUT2D eigenvalue weighted by atomic mass is 16.3. The molecule has 0 radical (unpaired) electrons. The summed E-state index contributed by atoms with van der Waals surface area (Å²) < 4.78 is 5.02. The Morgan fingerprint density at radius 3 is 2.50 bits per heavy atom. The van der Waals surface area contributed by atoms with Gasteiger partial charge in [0.15, 0.2) is 5.76 Å². The summed E-state index contributed by atoms with van der Waals surface area (Å²) in [7, 11) is 0. The molecule has 0 aliphatic carbocycles. The van der Waals surface area contributed by atoms with Crippen molar-refractivity contribution >= 4 is 5.91 Å². The molecule has 1 amide bonds. The van der Waals surface area contributed by atoms with Gasteiger partial charge < -0.3 is 9.73 Å². The topological polar surface area (TPSA) is 42.2 Å². The SMILES string of the molecule is CCc1ccc(CCNC(=O)c2ccco2)cc1. The Bertz CT molecular complexity index is 486. The van der Waals surface area contributed by atoms with E-state index in [1.54, 1.807) is 12.1 Å². The van der Waals surface area contributed by atoms with Gasteiger partial charge in [-0.15, -0.1) is 0 Å². The number of amides is 1. The fraction of sp³-hybridized carbons (Fsp3) is 0.267. The number of rotatable bonds is 5. The molecule has 0 atom stereocenters. The second kappa shape index (κ2) is 6.05. The van der Waals surface area contributed by atoms with Crippen LogP contribution in [0.3, 0.4) is 0 Å². The number of nitrogens with one attached hydrogen (secondary N) is 1. The average Bonchev–Trinajstić information content (AvgIpc) is 2.93. The van der Waals surface area contributed by atoms with Crippen molar-refractivity contribution < 1.29 is 9.21 Å². The molecule has 3 nitrogen and oxygen atoms in total. The van der Waals surface area contributed by atoms with E-state index in [1.165, 1.54) is 17.4 Å². The normalized spacial score (nSPS) is 10.3. The molecular weight excluding hydrogens is 226 g/mol. The minimum Gasteiger partial charge on any atom is -0.459 e. The van der Waals surface area contributed by atoms with Crippen molar-refractivity contribution in [2.24, 2.45) is 0 Å². The first-order valence-electron chi connectivity index (χ1n) is 6.19. The Kier molecular flexibility index (Phi) is 4.18. The third-order valence-corrected chi connectivity index (χ3v) is 2.88. The molecule has 0 aliphatic heterocycles. The maximum absolute atomic E-state index is 11.6. The second-order valence-corrected chi connectivity index (χ2v) is 4.15. The van der Waals surface area contributed by atoms with Gasteiger partial charge in [-0.3, -0.25) is 4.79 Å². The van der Waals surface area contributed by atoms with Crippen LogP contribution < -0.4 is 5.32 Å². The van der Waals surface area contributed by atoms with Crippen molar-refractivity contribution in [3.05, 3.63) is 59.5 Å². The molecule has 2 rings (SSSR count). The minimum absolute atomic E-state index is 0.162. The summed E-state index contributed by atoms with van der Waals surface area (Å²) in [4.78, 5) is 11.6. The van der Waals surface area contributed by atoms with Gasteiger partial charge in [0.1, 0.15) is 0 Å². The summed E-state index contributed by atoms with van der Waals surface area (Å²) in [5.41, 5.74) is 2.56. The van der Waals surface area contributed by atoms with Gasteiger partial charge in [0.25, 0.3) is 5.91 Å². The third-order valence-electron chi connectivity index (χ3n) is 2.88. The van der Waals surface area contributed by atoms with E-state index < -0.39 is 0 Å². The minimum atomic E-state index is -0.162. The molecule has 1 aromatic carbocycles. The summed E-state index contributed by atoms with van der Waals surface area (Å²) in [5, 5.41) is 2.83. The highest BCUT2D eigenvalue weighted by molar-refractivity contribution is 5.91. The van der Waals surface area contributed by atoms with Gasteiger partial charge in [0.05, 0.1) is 6.26 Å². The highest BCUT2D eigenvalue weighted by Crippen LogP contribution is 2.05. The molecule has 0 bridgehead atoms. The van der Waals surface area contributed by atoms with Crippen LogP contribution >= 0.6 is 0 Å². The Morgan fingerprint density at radius 2 is 1.89 bits per heavy atom. The van der Waals surface area contributed by atoms with Gasteiger partial charge >= 0.3 is 0 Å². The summed E-state index contributed by atoms with van der Waals surface area (Å²) in [6, 6.07) is 11.8. The molecule has 0 saturated carbocycles. The van der Waals surface area contributed by atoms with E-state index in [4.69, 9.17) is 4.42 Å². The molecule has 0 saturated heterocycles. The van der Waals surface area contributed by atoms with Crippen LogP contribution in [0.2, 0.25) is 0 Å². The van der Waals surface area contributed by atoms with E-state index in [1.807, 2.05) is 0 Å². The van der Waals surface area contributed by atoms with Crippen LogP contribution in [0.15, 0.2) is 47.1 Å². The molecule has 0 aliphatic rings. The van der Waals surface area contributed by atoms with Crippen LogP contribution in [0.5, 0.6) is 0 Å². The zero-order valence-corrected chi connectivity index (χ0v) is 10.5. The summed E-state index contributed by atoms with van der Waals surface area (Å²) >= 11 is 0.